The van der Waals surface area contributed by atoms with Crippen LogP contribution >= 0.6 is 24.0 Å². The Labute approximate surface area is 162 Å². The number of nitrogens with one attached hydrogen (secondary N) is 1. The van der Waals surface area contributed by atoms with Gasteiger partial charge in [0.25, 0.3) is 0 Å². The fourth-order valence-electron chi connectivity index (χ4n) is 2.39. The summed E-state index contributed by atoms with van der Waals surface area (Å²) in [6.45, 7) is 6.64. The van der Waals surface area contributed by atoms with Crippen LogP contribution in [0.3, 0.4) is 0 Å². The van der Waals surface area contributed by atoms with E-state index in [1.165, 1.54) is 0 Å². The molecule has 6 nitrogen and oxygen atoms in total. The second-order valence-electron chi connectivity index (χ2n) is 6.23. The molecule has 8 heteroatoms. The molecule has 24 heavy (non-hydrogen) atoms. The van der Waals surface area contributed by atoms with Crippen LogP contribution < -0.4 is 11.1 Å². The average Bonchev–Trinajstić information content (AvgIpc) is 3.06. The Morgan fingerprint density at radius 3 is 2.38 bits per heavy atom. The predicted octanol–water partition coefficient (Wildman–Crippen LogP) is 2.15. The summed E-state index contributed by atoms with van der Waals surface area (Å²) in [4.78, 5) is 4.60. The first kappa shape index (κ1) is 21.2. The summed E-state index contributed by atoms with van der Waals surface area (Å²) in [6.07, 6.45) is 1.88. The first-order valence-electron chi connectivity index (χ1n) is 8.02. The van der Waals surface area contributed by atoms with Crippen molar-refractivity contribution in [2.45, 2.75) is 38.1 Å². The SMILES string of the molecule is CC(C)CNC(N)=NCc1ccc(S(=O)(=O)N2CCCC2)cc1.I. The number of nitrogens with zero attached hydrogens (tertiary/aromatic N) is 2. The maximum Gasteiger partial charge on any atom is 0.243 e. The highest BCUT2D eigenvalue weighted by Gasteiger charge is 2.26. The van der Waals surface area contributed by atoms with Crippen LogP contribution in [0.4, 0.5) is 0 Å². The first-order valence-corrected chi connectivity index (χ1v) is 9.46. The molecular weight excluding hydrogens is 439 g/mol. The van der Waals surface area contributed by atoms with Crippen LogP contribution in [0.25, 0.3) is 0 Å². The van der Waals surface area contributed by atoms with Crippen LogP contribution in [0.2, 0.25) is 0 Å². The fraction of sp³-hybridized carbons (Fsp3) is 0.562. The summed E-state index contributed by atoms with van der Waals surface area (Å²) >= 11 is 0. The van der Waals surface area contributed by atoms with Gasteiger partial charge in [0, 0.05) is 19.6 Å². The number of nitrogens with two attached hydrogens (primary N) is 1. The van der Waals surface area contributed by atoms with E-state index in [-0.39, 0.29) is 24.0 Å². The van der Waals surface area contributed by atoms with E-state index in [0.29, 0.717) is 36.4 Å². The molecule has 1 fully saturated rings. The molecule has 2 rings (SSSR count). The van der Waals surface area contributed by atoms with Gasteiger partial charge in [-0.3, -0.25) is 0 Å². The molecule has 0 aliphatic carbocycles. The van der Waals surface area contributed by atoms with Crippen molar-refractivity contribution in [2.24, 2.45) is 16.6 Å². The molecule has 0 atom stereocenters. The van der Waals surface area contributed by atoms with E-state index >= 15 is 0 Å². The molecular formula is C16H27IN4O2S. The van der Waals surface area contributed by atoms with E-state index in [4.69, 9.17) is 5.73 Å². The topological polar surface area (TPSA) is 87.8 Å². The lowest BCUT2D eigenvalue weighted by molar-refractivity contribution is 0.477. The lowest BCUT2D eigenvalue weighted by Crippen LogP contribution is -2.34. The molecule has 0 unspecified atom stereocenters. The fourth-order valence-corrected chi connectivity index (χ4v) is 3.90. The summed E-state index contributed by atoms with van der Waals surface area (Å²) < 4.78 is 26.4. The molecule has 1 aliphatic heterocycles. The molecule has 0 spiro atoms. The van der Waals surface area contributed by atoms with Crippen LogP contribution in [0.1, 0.15) is 32.3 Å². The highest BCUT2D eigenvalue weighted by atomic mass is 127. The van der Waals surface area contributed by atoms with Crippen molar-refractivity contribution in [3.05, 3.63) is 29.8 Å². The Morgan fingerprint density at radius 2 is 1.83 bits per heavy atom. The number of rotatable bonds is 6. The molecule has 0 aromatic heterocycles. The van der Waals surface area contributed by atoms with Gasteiger partial charge >= 0.3 is 0 Å². The maximum atomic E-state index is 12.4. The molecule has 0 bridgehead atoms. The third kappa shape index (κ3) is 5.89. The molecule has 3 N–H and O–H groups in total. The Kier molecular flexibility index (Phi) is 8.44. The van der Waals surface area contributed by atoms with Crippen molar-refractivity contribution in [1.29, 1.82) is 0 Å². The van der Waals surface area contributed by atoms with E-state index in [1.807, 2.05) is 0 Å². The van der Waals surface area contributed by atoms with E-state index in [9.17, 15) is 8.42 Å². The second-order valence-corrected chi connectivity index (χ2v) is 8.17. The molecule has 1 saturated heterocycles. The normalized spacial score (nSPS) is 16.2. The summed E-state index contributed by atoms with van der Waals surface area (Å²) in [5.74, 6) is 0.909. The van der Waals surface area contributed by atoms with Crippen molar-refractivity contribution in [1.82, 2.24) is 9.62 Å². The zero-order chi connectivity index (χ0) is 16.9. The van der Waals surface area contributed by atoms with Gasteiger partial charge in [0.15, 0.2) is 5.96 Å². The van der Waals surface area contributed by atoms with E-state index in [1.54, 1.807) is 28.6 Å². The number of hydrogen-bond acceptors (Lipinski definition) is 3. The van der Waals surface area contributed by atoms with Gasteiger partial charge in [-0.05, 0) is 36.5 Å². The molecule has 0 saturated carbocycles. The van der Waals surface area contributed by atoms with E-state index < -0.39 is 10.0 Å². The lowest BCUT2D eigenvalue weighted by atomic mass is 10.2. The minimum absolute atomic E-state index is 0. The molecule has 136 valence electrons. The van der Waals surface area contributed by atoms with Gasteiger partial charge in [-0.2, -0.15) is 4.31 Å². The largest absolute Gasteiger partial charge is 0.370 e. The summed E-state index contributed by atoms with van der Waals surface area (Å²) in [6, 6.07) is 6.89. The minimum atomic E-state index is -3.34. The minimum Gasteiger partial charge on any atom is -0.370 e. The van der Waals surface area contributed by atoms with Crippen LogP contribution in [-0.2, 0) is 16.6 Å². The quantitative estimate of drug-likeness (QED) is 0.382. The van der Waals surface area contributed by atoms with Crippen molar-refractivity contribution in [3.63, 3.8) is 0 Å². The van der Waals surface area contributed by atoms with Gasteiger partial charge in [0.05, 0.1) is 11.4 Å². The standard InChI is InChI=1S/C16H26N4O2S.HI/c1-13(2)11-18-16(17)19-12-14-5-7-15(8-6-14)23(21,22)20-9-3-4-10-20;/h5-8,13H,3-4,9-12H2,1-2H3,(H3,17,18,19);1H. The molecule has 1 heterocycles. The first-order chi connectivity index (χ1) is 10.9. The van der Waals surface area contributed by atoms with E-state index in [2.05, 4.69) is 24.2 Å². The Balaban J connectivity index is 0.00000288. The number of aliphatic imine (C=N–C) groups is 1. The van der Waals surface area contributed by atoms with Crippen LogP contribution in [0.5, 0.6) is 0 Å². The molecule has 1 aromatic rings. The van der Waals surface area contributed by atoms with Gasteiger partial charge in [-0.1, -0.05) is 26.0 Å². The zero-order valence-electron chi connectivity index (χ0n) is 14.2. The zero-order valence-corrected chi connectivity index (χ0v) is 17.4. The molecule has 0 radical (unpaired) electrons. The van der Waals surface area contributed by atoms with Crippen LogP contribution in [0, 0.1) is 5.92 Å². The van der Waals surface area contributed by atoms with E-state index in [0.717, 1.165) is 24.9 Å². The highest BCUT2D eigenvalue weighted by molar-refractivity contribution is 14.0. The molecule has 1 aliphatic rings. The third-order valence-corrected chi connectivity index (χ3v) is 5.66. The number of guanidine groups is 1. The molecule has 1 aromatic carbocycles. The third-order valence-electron chi connectivity index (χ3n) is 3.75. The average molecular weight is 466 g/mol. The smallest absolute Gasteiger partial charge is 0.243 e. The van der Waals surface area contributed by atoms with Crippen molar-refractivity contribution >= 4 is 40.0 Å². The Hall–Kier alpha value is -0.870. The van der Waals surface area contributed by atoms with Crippen molar-refractivity contribution in [2.75, 3.05) is 19.6 Å². The van der Waals surface area contributed by atoms with Gasteiger partial charge < -0.3 is 11.1 Å². The van der Waals surface area contributed by atoms with Gasteiger partial charge in [-0.15, -0.1) is 24.0 Å². The van der Waals surface area contributed by atoms with Gasteiger partial charge in [-0.25, -0.2) is 13.4 Å². The van der Waals surface area contributed by atoms with Gasteiger partial charge in [0.1, 0.15) is 0 Å². The monoisotopic (exact) mass is 466 g/mol. The predicted molar refractivity (Wildman–Crippen MR) is 108 cm³/mol. The van der Waals surface area contributed by atoms with Crippen molar-refractivity contribution < 1.29 is 8.42 Å². The highest BCUT2D eigenvalue weighted by Crippen LogP contribution is 2.21. The second kappa shape index (κ2) is 9.57. The van der Waals surface area contributed by atoms with Crippen LogP contribution in [0.15, 0.2) is 34.2 Å². The molecule has 0 amide bonds. The number of hydrogen-bond donors (Lipinski definition) is 2. The Bertz CT molecular complexity index is 639. The lowest BCUT2D eigenvalue weighted by Gasteiger charge is -2.15. The number of halogens is 1. The number of benzene rings is 1. The number of sulfonamides is 1. The maximum absolute atomic E-state index is 12.4. The Morgan fingerprint density at radius 1 is 1.25 bits per heavy atom. The summed E-state index contributed by atoms with van der Waals surface area (Å²) in [5.41, 5.74) is 6.72. The van der Waals surface area contributed by atoms with Crippen LogP contribution in [-0.4, -0.2) is 38.3 Å². The van der Waals surface area contributed by atoms with Crippen molar-refractivity contribution in [3.8, 4) is 0 Å². The van der Waals surface area contributed by atoms with Gasteiger partial charge in [0.2, 0.25) is 10.0 Å². The summed E-state index contributed by atoms with van der Waals surface area (Å²) in [7, 11) is -3.34. The summed E-state index contributed by atoms with van der Waals surface area (Å²) in [5, 5.41) is 3.05.